The third-order valence-corrected chi connectivity index (χ3v) is 3.72. The highest BCUT2D eigenvalue weighted by Gasteiger charge is 2.07. The summed E-state index contributed by atoms with van der Waals surface area (Å²) in [5, 5.41) is 15.1. The lowest BCUT2D eigenvalue weighted by atomic mass is 10.1. The Hall–Kier alpha value is -2.44. The number of non-ortho nitro benzene ring substituents is 1. The van der Waals surface area contributed by atoms with Crippen molar-refractivity contribution in [3.8, 4) is 0 Å². The molecule has 0 aliphatic rings. The van der Waals surface area contributed by atoms with Crippen LogP contribution in [0.4, 0.5) is 5.69 Å². The highest BCUT2D eigenvalue weighted by molar-refractivity contribution is 6.43. The maximum absolute atomic E-state index is 11.8. The van der Waals surface area contributed by atoms with Crippen molar-refractivity contribution in [1.29, 1.82) is 0 Å². The molecule has 1 amide bonds. The van der Waals surface area contributed by atoms with Crippen LogP contribution in [0.3, 0.4) is 0 Å². The lowest BCUT2D eigenvalue weighted by Gasteiger charge is -2.02. The van der Waals surface area contributed by atoms with Gasteiger partial charge in [-0.25, -0.2) is 5.43 Å². The van der Waals surface area contributed by atoms with Crippen LogP contribution in [0, 0.1) is 10.1 Å². The molecule has 0 atom stereocenters. The number of nitrogens with one attached hydrogen (secondary N) is 1. The van der Waals surface area contributed by atoms with Crippen molar-refractivity contribution < 1.29 is 9.72 Å². The molecule has 118 valence electrons. The molecule has 0 heterocycles. The molecular weight excluding hydrogens is 341 g/mol. The summed E-state index contributed by atoms with van der Waals surface area (Å²) >= 11 is 11.9. The molecule has 6 nitrogen and oxygen atoms in total. The minimum absolute atomic E-state index is 0.0252. The molecule has 0 aromatic heterocycles. The summed E-state index contributed by atoms with van der Waals surface area (Å²) in [7, 11) is 0. The van der Waals surface area contributed by atoms with Gasteiger partial charge < -0.3 is 0 Å². The van der Waals surface area contributed by atoms with Gasteiger partial charge >= 0.3 is 0 Å². The lowest BCUT2D eigenvalue weighted by Crippen LogP contribution is -2.19. The third-order valence-electron chi connectivity index (χ3n) is 2.89. The van der Waals surface area contributed by atoms with Crippen LogP contribution in [0.5, 0.6) is 0 Å². The quantitative estimate of drug-likeness (QED) is 0.507. The first kappa shape index (κ1) is 16.9. The van der Waals surface area contributed by atoms with Crippen LogP contribution in [0.25, 0.3) is 0 Å². The standard InChI is InChI=1S/C15H11Cl2N3O3/c16-13-3-1-2-11(15(13)17)9-18-19-14(21)8-10-4-6-12(7-5-10)20(22)23/h1-7,9H,8H2,(H,19,21)/b18-9+. The molecule has 2 rings (SSSR count). The maximum atomic E-state index is 11.8. The second kappa shape index (κ2) is 7.71. The van der Waals surface area contributed by atoms with E-state index in [1.54, 1.807) is 18.2 Å². The van der Waals surface area contributed by atoms with Gasteiger partial charge in [0, 0.05) is 17.7 Å². The van der Waals surface area contributed by atoms with Crippen LogP contribution in [-0.2, 0) is 11.2 Å². The monoisotopic (exact) mass is 351 g/mol. The van der Waals surface area contributed by atoms with E-state index in [2.05, 4.69) is 10.5 Å². The average molecular weight is 352 g/mol. The minimum atomic E-state index is -0.497. The normalized spacial score (nSPS) is 10.7. The van der Waals surface area contributed by atoms with Crippen LogP contribution < -0.4 is 5.43 Å². The number of benzene rings is 2. The Kier molecular flexibility index (Phi) is 5.67. The third kappa shape index (κ3) is 4.77. The number of nitrogens with zero attached hydrogens (tertiary/aromatic N) is 2. The summed E-state index contributed by atoms with van der Waals surface area (Å²) in [5.74, 6) is -0.353. The molecule has 0 bridgehead atoms. The zero-order chi connectivity index (χ0) is 16.8. The summed E-state index contributed by atoms with van der Waals surface area (Å²) in [6.07, 6.45) is 1.45. The Bertz CT molecular complexity index is 761. The summed E-state index contributed by atoms with van der Waals surface area (Å²) in [4.78, 5) is 21.8. The van der Waals surface area contributed by atoms with Crippen molar-refractivity contribution in [2.24, 2.45) is 5.10 Å². The zero-order valence-electron chi connectivity index (χ0n) is 11.7. The van der Waals surface area contributed by atoms with Crippen LogP contribution >= 0.6 is 23.2 Å². The average Bonchev–Trinajstić information content (AvgIpc) is 2.52. The highest BCUT2D eigenvalue weighted by atomic mass is 35.5. The van der Waals surface area contributed by atoms with Gasteiger partial charge in [-0.2, -0.15) is 5.10 Å². The number of hydrogen-bond donors (Lipinski definition) is 1. The summed E-state index contributed by atoms with van der Waals surface area (Å²) < 4.78 is 0. The first-order valence-electron chi connectivity index (χ1n) is 6.46. The molecule has 8 heteroatoms. The van der Waals surface area contributed by atoms with Crippen molar-refractivity contribution in [2.75, 3.05) is 0 Å². The van der Waals surface area contributed by atoms with Crippen LogP contribution in [0.1, 0.15) is 11.1 Å². The second-order valence-corrected chi connectivity index (χ2v) is 5.32. The largest absolute Gasteiger partial charge is 0.273 e. The van der Waals surface area contributed by atoms with E-state index in [-0.39, 0.29) is 18.0 Å². The van der Waals surface area contributed by atoms with E-state index >= 15 is 0 Å². The van der Waals surface area contributed by atoms with E-state index in [4.69, 9.17) is 23.2 Å². The molecule has 0 saturated heterocycles. The Morgan fingerprint density at radius 2 is 1.91 bits per heavy atom. The molecular formula is C15H11Cl2N3O3. The first-order valence-corrected chi connectivity index (χ1v) is 7.22. The highest BCUT2D eigenvalue weighted by Crippen LogP contribution is 2.24. The smallest absolute Gasteiger partial charge is 0.269 e. The molecule has 0 fully saturated rings. The minimum Gasteiger partial charge on any atom is -0.273 e. The molecule has 2 aromatic carbocycles. The van der Waals surface area contributed by atoms with Crippen LogP contribution in [0.15, 0.2) is 47.6 Å². The van der Waals surface area contributed by atoms with E-state index < -0.39 is 4.92 Å². The Labute approximate surface area is 141 Å². The summed E-state index contributed by atoms with van der Waals surface area (Å²) in [5.41, 5.74) is 3.55. The van der Waals surface area contributed by atoms with E-state index in [0.717, 1.165) is 0 Å². The summed E-state index contributed by atoms with van der Waals surface area (Å²) in [6, 6.07) is 10.8. The van der Waals surface area contributed by atoms with E-state index in [1.165, 1.54) is 30.5 Å². The van der Waals surface area contributed by atoms with Gasteiger partial charge in [-0.15, -0.1) is 0 Å². The molecule has 0 saturated carbocycles. The van der Waals surface area contributed by atoms with Crippen molar-refractivity contribution in [3.05, 3.63) is 73.8 Å². The van der Waals surface area contributed by atoms with Gasteiger partial charge in [-0.1, -0.05) is 47.5 Å². The number of nitro groups is 1. The Morgan fingerprint density at radius 3 is 2.57 bits per heavy atom. The van der Waals surface area contributed by atoms with Gasteiger partial charge in [0.05, 0.1) is 27.6 Å². The molecule has 23 heavy (non-hydrogen) atoms. The SMILES string of the molecule is O=C(Cc1ccc([N+](=O)[O-])cc1)N/N=C/c1cccc(Cl)c1Cl. The molecule has 0 radical (unpaired) electrons. The first-order chi connectivity index (χ1) is 11.0. The molecule has 0 aliphatic heterocycles. The van der Waals surface area contributed by atoms with Crippen LogP contribution in [0.2, 0.25) is 10.0 Å². The molecule has 0 unspecified atom stereocenters. The van der Waals surface area contributed by atoms with Gasteiger partial charge in [-0.05, 0) is 11.6 Å². The lowest BCUT2D eigenvalue weighted by molar-refractivity contribution is -0.384. The van der Waals surface area contributed by atoms with Crippen molar-refractivity contribution in [3.63, 3.8) is 0 Å². The number of rotatable bonds is 5. The number of nitro benzene ring substituents is 1. The van der Waals surface area contributed by atoms with E-state index in [9.17, 15) is 14.9 Å². The Morgan fingerprint density at radius 1 is 1.22 bits per heavy atom. The van der Waals surface area contributed by atoms with Gasteiger partial charge in [-0.3, -0.25) is 14.9 Å². The number of hydrazone groups is 1. The van der Waals surface area contributed by atoms with Gasteiger partial charge in [0.25, 0.3) is 5.69 Å². The Balaban J connectivity index is 1.93. The van der Waals surface area contributed by atoms with Crippen molar-refractivity contribution >= 4 is 41.0 Å². The zero-order valence-corrected chi connectivity index (χ0v) is 13.2. The molecule has 2 aromatic rings. The maximum Gasteiger partial charge on any atom is 0.269 e. The fourth-order valence-corrected chi connectivity index (χ4v) is 2.11. The second-order valence-electron chi connectivity index (χ2n) is 4.54. The van der Waals surface area contributed by atoms with Crippen molar-refractivity contribution in [2.45, 2.75) is 6.42 Å². The van der Waals surface area contributed by atoms with Gasteiger partial charge in [0.15, 0.2) is 0 Å². The van der Waals surface area contributed by atoms with Gasteiger partial charge in [0.1, 0.15) is 0 Å². The van der Waals surface area contributed by atoms with E-state index in [1.807, 2.05) is 0 Å². The number of hydrogen-bond acceptors (Lipinski definition) is 4. The van der Waals surface area contributed by atoms with Gasteiger partial charge in [0.2, 0.25) is 5.91 Å². The van der Waals surface area contributed by atoms with Crippen molar-refractivity contribution in [1.82, 2.24) is 5.43 Å². The predicted octanol–water partition coefficient (Wildman–Crippen LogP) is 3.59. The summed E-state index contributed by atoms with van der Waals surface area (Å²) in [6.45, 7) is 0. The molecule has 0 spiro atoms. The number of carbonyl (C=O) groups is 1. The van der Waals surface area contributed by atoms with Crippen LogP contribution in [-0.4, -0.2) is 17.0 Å². The fourth-order valence-electron chi connectivity index (χ4n) is 1.75. The van der Waals surface area contributed by atoms with E-state index in [0.29, 0.717) is 21.2 Å². The molecule has 1 N–H and O–H groups in total. The fraction of sp³-hybridized carbons (Fsp3) is 0.0667. The predicted molar refractivity (Wildman–Crippen MR) is 89.0 cm³/mol. The number of amides is 1. The topological polar surface area (TPSA) is 84.6 Å². The number of halogens is 2. The number of carbonyl (C=O) groups excluding carboxylic acids is 1. The molecule has 0 aliphatic carbocycles.